The number of ether oxygens (including phenoxy) is 1. The van der Waals surface area contributed by atoms with Crippen LogP contribution >= 0.6 is 0 Å². The smallest absolute Gasteiger partial charge is 0.251 e. The van der Waals surface area contributed by atoms with Crippen molar-refractivity contribution in [1.82, 2.24) is 5.32 Å². The summed E-state index contributed by atoms with van der Waals surface area (Å²) in [6.07, 6.45) is 0.853. The van der Waals surface area contributed by atoms with Gasteiger partial charge < -0.3 is 10.1 Å². The molecule has 3 nitrogen and oxygen atoms in total. The van der Waals surface area contributed by atoms with Crippen LogP contribution in [0.2, 0.25) is 0 Å². The molecule has 2 aromatic rings. The van der Waals surface area contributed by atoms with E-state index in [0.717, 1.165) is 23.3 Å². The number of carbonyl (C=O) groups excluding carboxylic acids is 1. The van der Waals surface area contributed by atoms with Crippen LogP contribution in [0.4, 0.5) is 0 Å². The van der Waals surface area contributed by atoms with Crippen LogP contribution in [0.25, 0.3) is 0 Å². The van der Waals surface area contributed by atoms with E-state index in [1.165, 1.54) is 0 Å². The molecule has 2 aromatic carbocycles. The molecule has 0 spiro atoms. The predicted octanol–water partition coefficient (Wildman–Crippen LogP) is 4.27. The van der Waals surface area contributed by atoms with Gasteiger partial charge in [-0.1, -0.05) is 37.3 Å². The van der Waals surface area contributed by atoms with E-state index in [1.54, 1.807) is 0 Å². The highest BCUT2D eigenvalue weighted by Crippen LogP contribution is 2.21. The second-order valence-electron chi connectivity index (χ2n) is 5.26. The fourth-order valence-corrected chi connectivity index (χ4v) is 2.46. The van der Waals surface area contributed by atoms with Crippen molar-refractivity contribution >= 4 is 5.91 Å². The Morgan fingerprint density at radius 2 is 1.86 bits per heavy atom. The quantitative estimate of drug-likeness (QED) is 0.864. The third-order valence-electron chi connectivity index (χ3n) is 3.65. The number of carbonyl (C=O) groups is 1. The first-order chi connectivity index (χ1) is 10.7. The molecular formula is C19H23NO2. The number of aryl methyl sites for hydroxylation is 1. The monoisotopic (exact) mass is 297 g/mol. The van der Waals surface area contributed by atoms with Gasteiger partial charge in [0.1, 0.15) is 5.75 Å². The second-order valence-corrected chi connectivity index (χ2v) is 5.26. The van der Waals surface area contributed by atoms with Crippen LogP contribution in [0, 0.1) is 6.92 Å². The van der Waals surface area contributed by atoms with E-state index in [0.29, 0.717) is 12.2 Å². The number of hydrogen-bond acceptors (Lipinski definition) is 2. The summed E-state index contributed by atoms with van der Waals surface area (Å²) in [7, 11) is 0. The van der Waals surface area contributed by atoms with Crippen molar-refractivity contribution in [3.8, 4) is 5.75 Å². The highest BCUT2D eigenvalue weighted by molar-refractivity contribution is 5.94. The van der Waals surface area contributed by atoms with E-state index < -0.39 is 0 Å². The summed E-state index contributed by atoms with van der Waals surface area (Å²) in [5.41, 5.74) is 2.76. The summed E-state index contributed by atoms with van der Waals surface area (Å²) in [5, 5.41) is 3.10. The highest BCUT2D eigenvalue weighted by Gasteiger charge is 2.14. The fraction of sp³-hybridized carbons (Fsp3) is 0.316. The molecule has 0 aliphatic carbocycles. The van der Waals surface area contributed by atoms with E-state index >= 15 is 0 Å². The summed E-state index contributed by atoms with van der Waals surface area (Å²) in [6, 6.07) is 15.6. The van der Waals surface area contributed by atoms with E-state index in [1.807, 2.05) is 62.4 Å². The molecule has 0 aliphatic heterocycles. The molecule has 0 bridgehead atoms. The zero-order valence-electron chi connectivity index (χ0n) is 13.4. The summed E-state index contributed by atoms with van der Waals surface area (Å²) >= 11 is 0. The Balaban J connectivity index is 2.12. The molecule has 0 radical (unpaired) electrons. The molecule has 1 amide bonds. The third kappa shape index (κ3) is 3.88. The predicted molar refractivity (Wildman–Crippen MR) is 89.3 cm³/mol. The molecule has 1 atom stereocenters. The zero-order chi connectivity index (χ0) is 15.9. The zero-order valence-corrected chi connectivity index (χ0v) is 13.4. The largest absolute Gasteiger partial charge is 0.494 e. The third-order valence-corrected chi connectivity index (χ3v) is 3.65. The maximum Gasteiger partial charge on any atom is 0.251 e. The topological polar surface area (TPSA) is 38.3 Å². The van der Waals surface area contributed by atoms with E-state index in [9.17, 15) is 4.79 Å². The summed E-state index contributed by atoms with van der Waals surface area (Å²) < 4.78 is 5.51. The van der Waals surface area contributed by atoms with Crippen molar-refractivity contribution in [3.63, 3.8) is 0 Å². The van der Waals surface area contributed by atoms with Crippen LogP contribution in [0.5, 0.6) is 5.75 Å². The first-order valence-corrected chi connectivity index (χ1v) is 7.75. The normalized spacial score (nSPS) is 11.8. The Bertz CT molecular complexity index is 623. The number of hydrogen-bond donors (Lipinski definition) is 1. The Morgan fingerprint density at radius 1 is 1.14 bits per heavy atom. The van der Waals surface area contributed by atoms with Crippen molar-refractivity contribution < 1.29 is 9.53 Å². The molecule has 0 heterocycles. The van der Waals surface area contributed by atoms with Crippen molar-refractivity contribution in [2.75, 3.05) is 6.61 Å². The number of amides is 1. The first kappa shape index (κ1) is 16.1. The lowest BCUT2D eigenvalue weighted by Gasteiger charge is -2.18. The van der Waals surface area contributed by atoms with Crippen LogP contribution in [0.3, 0.4) is 0 Å². The molecule has 2 rings (SSSR count). The van der Waals surface area contributed by atoms with Gasteiger partial charge in [-0.2, -0.15) is 0 Å². The molecule has 1 N–H and O–H groups in total. The molecular weight excluding hydrogens is 274 g/mol. The molecule has 22 heavy (non-hydrogen) atoms. The SMILES string of the molecule is CCOc1ccc(C(=O)N[C@H](CC)c2ccccc2)cc1C. The maximum atomic E-state index is 12.5. The van der Waals surface area contributed by atoms with Gasteiger partial charge in [-0.3, -0.25) is 4.79 Å². The van der Waals surface area contributed by atoms with Crippen LogP contribution in [0.1, 0.15) is 47.8 Å². The van der Waals surface area contributed by atoms with Crippen molar-refractivity contribution in [2.45, 2.75) is 33.2 Å². The maximum absolute atomic E-state index is 12.5. The average molecular weight is 297 g/mol. The molecule has 0 fully saturated rings. The molecule has 0 aliphatic rings. The molecule has 0 aromatic heterocycles. The lowest BCUT2D eigenvalue weighted by atomic mass is 10.0. The first-order valence-electron chi connectivity index (χ1n) is 7.75. The number of benzene rings is 2. The summed E-state index contributed by atoms with van der Waals surface area (Å²) in [5.74, 6) is 0.774. The highest BCUT2D eigenvalue weighted by atomic mass is 16.5. The molecule has 0 unspecified atom stereocenters. The standard InChI is InChI=1S/C19H23NO2/c1-4-17(15-9-7-6-8-10-15)20-19(21)16-11-12-18(22-5-2)14(3)13-16/h6-13,17H,4-5H2,1-3H3,(H,20,21)/t17-/m1/s1. The lowest BCUT2D eigenvalue weighted by Crippen LogP contribution is -2.28. The lowest BCUT2D eigenvalue weighted by molar-refractivity contribution is 0.0935. The minimum Gasteiger partial charge on any atom is -0.494 e. The van der Waals surface area contributed by atoms with Crippen LogP contribution < -0.4 is 10.1 Å². The van der Waals surface area contributed by atoms with Gasteiger partial charge >= 0.3 is 0 Å². The molecule has 116 valence electrons. The number of rotatable bonds is 6. The van der Waals surface area contributed by atoms with Gasteiger partial charge in [0.25, 0.3) is 5.91 Å². The Morgan fingerprint density at radius 3 is 2.45 bits per heavy atom. The molecule has 3 heteroatoms. The average Bonchev–Trinajstić information content (AvgIpc) is 2.55. The minimum absolute atomic E-state index is 0.0283. The van der Waals surface area contributed by atoms with Gasteiger partial charge in [-0.15, -0.1) is 0 Å². The summed E-state index contributed by atoms with van der Waals surface area (Å²) in [6.45, 7) is 6.60. The van der Waals surface area contributed by atoms with Crippen LogP contribution in [0.15, 0.2) is 48.5 Å². The fourth-order valence-electron chi connectivity index (χ4n) is 2.46. The Hall–Kier alpha value is -2.29. The molecule has 0 saturated carbocycles. The van der Waals surface area contributed by atoms with Gasteiger partial charge in [-0.25, -0.2) is 0 Å². The van der Waals surface area contributed by atoms with Gasteiger partial charge in [0.05, 0.1) is 12.6 Å². The van der Waals surface area contributed by atoms with Gasteiger partial charge in [0.15, 0.2) is 0 Å². The van der Waals surface area contributed by atoms with Crippen LogP contribution in [-0.2, 0) is 0 Å². The van der Waals surface area contributed by atoms with Gasteiger partial charge in [0.2, 0.25) is 0 Å². The van der Waals surface area contributed by atoms with E-state index in [4.69, 9.17) is 4.74 Å². The Labute approximate surface area is 132 Å². The summed E-state index contributed by atoms with van der Waals surface area (Å²) in [4.78, 5) is 12.5. The molecule has 0 saturated heterocycles. The van der Waals surface area contributed by atoms with E-state index in [-0.39, 0.29) is 11.9 Å². The van der Waals surface area contributed by atoms with Crippen molar-refractivity contribution in [3.05, 3.63) is 65.2 Å². The van der Waals surface area contributed by atoms with Crippen LogP contribution in [-0.4, -0.2) is 12.5 Å². The Kier molecular flexibility index (Phi) is 5.59. The van der Waals surface area contributed by atoms with Gasteiger partial charge in [-0.05, 0) is 49.6 Å². The second kappa shape index (κ2) is 7.64. The van der Waals surface area contributed by atoms with Crippen molar-refractivity contribution in [1.29, 1.82) is 0 Å². The van der Waals surface area contributed by atoms with Gasteiger partial charge in [0, 0.05) is 5.56 Å². The van der Waals surface area contributed by atoms with Crippen molar-refractivity contribution in [2.24, 2.45) is 0 Å². The minimum atomic E-state index is -0.0538. The number of nitrogens with one attached hydrogen (secondary N) is 1. The van der Waals surface area contributed by atoms with E-state index in [2.05, 4.69) is 12.2 Å².